The lowest BCUT2D eigenvalue weighted by Gasteiger charge is -2.21. The number of benzene rings is 3. The molecule has 10 nitrogen and oxygen atoms in total. The Morgan fingerprint density at radius 1 is 0.946 bits per heavy atom. The van der Waals surface area contributed by atoms with Crippen molar-refractivity contribution in [3.05, 3.63) is 119 Å². The van der Waals surface area contributed by atoms with Gasteiger partial charge in [-0.15, -0.1) is 0 Å². The van der Waals surface area contributed by atoms with E-state index in [1.807, 2.05) is 0 Å². The quantitative estimate of drug-likeness (QED) is 0.276. The number of aromatic nitrogens is 3. The molecule has 4 rings (SSSR count). The minimum Gasteiger partial charge on any atom is -0.508 e. The van der Waals surface area contributed by atoms with Gasteiger partial charge < -0.3 is 5.11 Å². The van der Waals surface area contributed by atoms with Gasteiger partial charge >= 0.3 is 5.69 Å². The zero-order valence-corrected chi connectivity index (χ0v) is 20.8. The summed E-state index contributed by atoms with van der Waals surface area (Å²) in [6.07, 6.45) is 0.913. The molecule has 0 saturated carbocycles. The lowest BCUT2D eigenvalue weighted by Crippen LogP contribution is -2.44. The number of carbonyl (C=O) groups excluding carboxylic acids is 2. The molecule has 0 aliphatic heterocycles. The average Bonchev–Trinajstić information content (AvgIpc) is 2.85. The third kappa shape index (κ3) is 5.83. The number of rotatable bonds is 5. The number of phenols is 1. The predicted molar refractivity (Wildman–Crippen MR) is 137 cm³/mol. The van der Waals surface area contributed by atoms with Crippen LogP contribution in [0.3, 0.4) is 0 Å². The van der Waals surface area contributed by atoms with Crippen molar-refractivity contribution in [2.24, 2.45) is 0 Å². The first-order valence-electron chi connectivity index (χ1n) is 10.5. The van der Waals surface area contributed by atoms with Crippen LogP contribution in [0.4, 0.5) is 0 Å². The molecular formula is C24H16Cl3N5O5. The lowest BCUT2D eigenvalue weighted by atomic mass is 9.90. The maximum atomic E-state index is 13.3. The van der Waals surface area contributed by atoms with Crippen molar-refractivity contribution < 1.29 is 14.7 Å². The number of nitrogens with zero attached hydrogens (tertiary/aromatic N) is 2. The van der Waals surface area contributed by atoms with E-state index in [4.69, 9.17) is 34.8 Å². The van der Waals surface area contributed by atoms with Crippen LogP contribution in [0.25, 0.3) is 5.69 Å². The molecule has 188 valence electrons. The number of aromatic hydroxyl groups is 1. The Hall–Kier alpha value is -4.12. The highest BCUT2D eigenvalue weighted by Crippen LogP contribution is 2.38. The van der Waals surface area contributed by atoms with Crippen LogP contribution in [-0.4, -0.2) is 31.7 Å². The Balaban J connectivity index is 1.71. The number of hydrogen-bond donors (Lipinski definition) is 4. The third-order valence-corrected chi connectivity index (χ3v) is 6.06. The maximum absolute atomic E-state index is 13.3. The molecule has 0 radical (unpaired) electrons. The normalized spacial score (nSPS) is 11.5. The van der Waals surface area contributed by atoms with Gasteiger partial charge in [-0.05, 0) is 48.0 Å². The summed E-state index contributed by atoms with van der Waals surface area (Å²) in [7, 11) is 0. The standard InChI is InChI=1S/C24H16Cl3N5O5/c25-14-6-4-12(5-7-14)20(23(36)31-30-22(35)13-2-1-3-16(33)8-13)21-17(26)9-15(10-18(21)27)32-24(37)29-19(34)11-28-32/h1-11,20,33H,(H,30,35)(H,31,36)(H,29,34,37). The average molecular weight is 561 g/mol. The maximum Gasteiger partial charge on any atom is 0.349 e. The van der Waals surface area contributed by atoms with Crippen molar-refractivity contribution in [3.8, 4) is 11.4 Å². The van der Waals surface area contributed by atoms with E-state index in [-0.39, 0.29) is 32.6 Å². The predicted octanol–water partition coefficient (Wildman–Crippen LogP) is 3.18. The number of hydrogen-bond acceptors (Lipinski definition) is 6. The van der Waals surface area contributed by atoms with Crippen LogP contribution in [0.2, 0.25) is 15.1 Å². The van der Waals surface area contributed by atoms with E-state index in [9.17, 15) is 24.3 Å². The number of carbonyl (C=O) groups is 2. The van der Waals surface area contributed by atoms with E-state index in [1.165, 1.54) is 36.4 Å². The van der Waals surface area contributed by atoms with Crippen molar-refractivity contribution in [3.63, 3.8) is 0 Å². The van der Waals surface area contributed by atoms with Crippen LogP contribution in [0, 0.1) is 0 Å². The fraction of sp³-hybridized carbons (Fsp3) is 0.0417. The first-order chi connectivity index (χ1) is 17.6. The molecule has 2 amide bonds. The molecule has 3 aromatic carbocycles. The van der Waals surface area contributed by atoms with Gasteiger partial charge in [-0.1, -0.05) is 53.0 Å². The number of nitrogens with one attached hydrogen (secondary N) is 3. The van der Waals surface area contributed by atoms with E-state index >= 15 is 0 Å². The zero-order chi connectivity index (χ0) is 26.7. The first-order valence-corrected chi connectivity index (χ1v) is 11.6. The molecule has 13 heteroatoms. The van der Waals surface area contributed by atoms with E-state index in [0.717, 1.165) is 10.9 Å². The van der Waals surface area contributed by atoms with Gasteiger partial charge in [-0.2, -0.15) is 9.78 Å². The molecule has 1 aromatic heterocycles. The van der Waals surface area contributed by atoms with Gasteiger partial charge in [0.05, 0.1) is 11.6 Å². The molecule has 37 heavy (non-hydrogen) atoms. The summed E-state index contributed by atoms with van der Waals surface area (Å²) in [6.45, 7) is 0. The minimum atomic E-state index is -1.11. The summed E-state index contributed by atoms with van der Waals surface area (Å²) in [5, 5.41) is 13.8. The number of amides is 2. The summed E-state index contributed by atoms with van der Waals surface area (Å²) >= 11 is 19.1. The number of hydrazine groups is 1. The highest BCUT2D eigenvalue weighted by atomic mass is 35.5. The van der Waals surface area contributed by atoms with Crippen LogP contribution >= 0.6 is 34.8 Å². The van der Waals surface area contributed by atoms with Crippen LogP contribution in [0.15, 0.2) is 76.4 Å². The number of aromatic amines is 1. The lowest BCUT2D eigenvalue weighted by molar-refractivity contribution is -0.122. The molecule has 0 bridgehead atoms. The molecule has 0 aliphatic rings. The molecule has 0 spiro atoms. The van der Waals surface area contributed by atoms with Gasteiger partial charge in [-0.25, -0.2) is 4.79 Å². The van der Waals surface area contributed by atoms with E-state index in [2.05, 4.69) is 20.9 Å². The van der Waals surface area contributed by atoms with Gasteiger partial charge in [0.2, 0.25) is 0 Å². The van der Waals surface area contributed by atoms with Crippen molar-refractivity contribution >= 4 is 46.6 Å². The Labute approximate surface area is 223 Å². The molecule has 4 aromatic rings. The zero-order valence-electron chi connectivity index (χ0n) is 18.5. The third-order valence-electron chi connectivity index (χ3n) is 5.18. The van der Waals surface area contributed by atoms with Crippen LogP contribution < -0.4 is 22.1 Å². The van der Waals surface area contributed by atoms with E-state index in [0.29, 0.717) is 10.6 Å². The number of H-pyrrole nitrogens is 1. The summed E-state index contributed by atoms with van der Waals surface area (Å²) in [5.74, 6) is -2.59. The second-order valence-corrected chi connectivity index (χ2v) is 8.90. The molecule has 0 fully saturated rings. The smallest absolute Gasteiger partial charge is 0.349 e. The van der Waals surface area contributed by atoms with Crippen molar-refractivity contribution in [1.29, 1.82) is 0 Å². The number of phenolic OH excluding ortho intramolecular Hbond substituents is 1. The topological polar surface area (TPSA) is 146 Å². The van der Waals surface area contributed by atoms with Crippen LogP contribution in [-0.2, 0) is 4.79 Å². The molecule has 1 unspecified atom stereocenters. The summed E-state index contributed by atoms with van der Waals surface area (Å²) in [5.41, 5.74) is 4.04. The molecule has 0 saturated heterocycles. The fourth-order valence-corrected chi connectivity index (χ4v) is 4.34. The monoisotopic (exact) mass is 559 g/mol. The van der Waals surface area contributed by atoms with Gasteiger partial charge in [-0.3, -0.25) is 30.2 Å². The highest BCUT2D eigenvalue weighted by molar-refractivity contribution is 6.37. The number of halogens is 3. The Kier molecular flexibility index (Phi) is 7.63. The molecule has 1 heterocycles. The van der Waals surface area contributed by atoms with Crippen molar-refractivity contribution in [1.82, 2.24) is 25.6 Å². The highest BCUT2D eigenvalue weighted by Gasteiger charge is 2.29. The molecule has 4 N–H and O–H groups in total. The summed E-state index contributed by atoms with van der Waals surface area (Å²) in [4.78, 5) is 51.4. The summed E-state index contributed by atoms with van der Waals surface area (Å²) in [6, 6.07) is 14.6. The van der Waals surface area contributed by atoms with Gasteiger partial charge in [0.1, 0.15) is 11.9 Å². The van der Waals surface area contributed by atoms with Crippen LogP contribution in [0.5, 0.6) is 5.75 Å². The van der Waals surface area contributed by atoms with Gasteiger partial charge in [0.25, 0.3) is 17.4 Å². The Bertz CT molecular complexity index is 1600. The van der Waals surface area contributed by atoms with Crippen molar-refractivity contribution in [2.75, 3.05) is 0 Å². The molecule has 1 atom stereocenters. The van der Waals surface area contributed by atoms with Crippen molar-refractivity contribution in [2.45, 2.75) is 5.92 Å². The van der Waals surface area contributed by atoms with E-state index in [1.54, 1.807) is 24.3 Å². The fourth-order valence-electron chi connectivity index (χ4n) is 3.52. The SMILES string of the molecule is O=C(NNC(=O)C(c1ccc(Cl)cc1)c1c(Cl)cc(-n2ncc(=O)[nH]c2=O)cc1Cl)c1cccc(O)c1. The van der Waals surface area contributed by atoms with E-state index < -0.39 is 29.0 Å². The summed E-state index contributed by atoms with van der Waals surface area (Å²) < 4.78 is 0.885. The van der Waals surface area contributed by atoms with Gasteiger partial charge in [0, 0.05) is 26.2 Å². The minimum absolute atomic E-state index is 0.0109. The second kappa shape index (κ2) is 10.9. The first kappa shape index (κ1) is 26.0. The molecule has 0 aliphatic carbocycles. The van der Waals surface area contributed by atoms with Crippen LogP contribution in [0.1, 0.15) is 27.4 Å². The Morgan fingerprint density at radius 3 is 2.24 bits per heavy atom. The van der Waals surface area contributed by atoms with Gasteiger partial charge in [0.15, 0.2) is 0 Å². The Morgan fingerprint density at radius 2 is 1.62 bits per heavy atom. The second-order valence-electron chi connectivity index (χ2n) is 7.65. The molecular weight excluding hydrogens is 545 g/mol. The largest absolute Gasteiger partial charge is 0.508 e.